The van der Waals surface area contributed by atoms with E-state index in [-0.39, 0.29) is 11.1 Å². The molecule has 0 amide bonds. The van der Waals surface area contributed by atoms with Crippen LogP contribution in [0, 0.1) is 11.6 Å². The first-order valence-electron chi connectivity index (χ1n) is 7.39. The smallest absolute Gasteiger partial charge is 0.354 e. The molecule has 0 saturated carbocycles. The van der Waals surface area contributed by atoms with Crippen LogP contribution in [-0.4, -0.2) is 24.9 Å². The van der Waals surface area contributed by atoms with Gasteiger partial charge in [0.2, 0.25) is 5.78 Å². The van der Waals surface area contributed by atoms with E-state index in [1.807, 2.05) is 0 Å². The first-order valence-corrected chi connectivity index (χ1v) is 8.88. The molecule has 0 bridgehead atoms. The fourth-order valence-electron chi connectivity index (χ4n) is 2.31. The van der Waals surface area contributed by atoms with Gasteiger partial charge in [-0.15, -0.1) is 0 Å². The van der Waals surface area contributed by atoms with Crippen molar-refractivity contribution < 1.29 is 39.7 Å². The maximum atomic E-state index is 13.2. The van der Waals surface area contributed by atoms with Gasteiger partial charge in [-0.2, -0.15) is 13.2 Å². The van der Waals surface area contributed by atoms with Crippen molar-refractivity contribution in [3.63, 3.8) is 0 Å². The fourth-order valence-corrected chi connectivity index (χ4v) is 3.33. The van der Waals surface area contributed by atoms with Crippen molar-refractivity contribution >= 4 is 15.6 Å². The highest BCUT2D eigenvalue weighted by Gasteiger charge is 2.52. The summed E-state index contributed by atoms with van der Waals surface area (Å²) in [5, 5.41) is 3.20. The zero-order chi connectivity index (χ0) is 20.7. The SMILES string of the molecule is O=C(c1ccc(F)cc1)c1noc(-c2ccc(F)cc2)c1S(=O)(=O)C(F)(F)F. The molecule has 0 unspecified atom stereocenters. The predicted octanol–water partition coefficient (Wildman–Crippen LogP) is 4.14. The van der Waals surface area contributed by atoms with Crippen molar-refractivity contribution in [3.05, 3.63) is 71.4 Å². The minimum Gasteiger partial charge on any atom is -0.354 e. The number of alkyl halides is 3. The van der Waals surface area contributed by atoms with Gasteiger partial charge in [0.05, 0.1) is 0 Å². The molecule has 11 heteroatoms. The summed E-state index contributed by atoms with van der Waals surface area (Å²) in [6, 6.07) is 7.31. The van der Waals surface area contributed by atoms with Crippen LogP contribution in [0.2, 0.25) is 0 Å². The van der Waals surface area contributed by atoms with Gasteiger partial charge < -0.3 is 4.52 Å². The van der Waals surface area contributed by atoms with Gasteiger partial charge in [-0.1, -0.05) is 5.16 Å². The Kier molecular flexibility index (Phi) is 4.79. The zero-order valence-corrected chi connectivity index (χ0v) is 14.3. The summed E-state index contributed by atoms with van der Waals surface area (Å²) in [4.78, 5) is 11.0. The van der Waals surface area contributed by atoms with E-state index >= 15 is 0 Å². The van der Waals surface area contributed by atoms with Crippen LogP contribution in [-0.2, 0) is 9.84 Å². The quantitative estimate of drug-likeness (QED) is 0.471. The van der Waals surface area contributed by atoms with E-state index < -0.39 is 49.1 Å². The van der Waals surface area contributed by atoms with Gasteiger partial charge in [0.15, 0.2) is 16.3 Å². The van der Waals surface area contributed by atoms with Crippen molar-refractivity contribution in [2.24, 2.45) is 0 Å². The maximum Gasteiger partial charge on any atom is 0.502 e. The van der Waals surface area contributed by atoms with Gasteiger partial charge in [-0.3, -0.25) is 4.79 Å². The van der Waals surface area contributed by atoms with Crippen LogP contribution in [0.15, 0.2) is 57.9 Å². The van der Waals surface area contributed by atoms with E-state index in [0.29, 0.717) is 0 Å². The summed E-state index contributed by atoms with van der Waals surface area (Å²) in [6.45, 7) is 0. The number of hydrogen-bond donors (Lipinski definition) is 0. The summed E-state index contributed by atoms with van der Waals surface area (Å²) in [6.07, 6.45) is 0. The van der Waals surface area contributed by atoms with Crippen LogP contribution in [0.5, 0.6) is 0 Å². The highest BCUT2D eigenvalue weighted by molar-refractivity contribution is 7.92. The van der Waals surface area contributed by atoms with Crippen LogP contribution < -0.4 is 0 Å². The molecule has 1 heterocycles. The van der Waals surface area contributed by atoms with E-state index in [9.17, 15) is 35.2 Å². The Balaban J connectivity index is 2.25. The fraction of sp³-hybridized carbons (Fsp3) is 0.0588. The predicted molar refractivity (Wildman–Crippen MR) is 85.0 cm³/mol. The lowest BCUT2D eigenvalue weighted by Gasteiger charge is -2.09. The summed E-state index contributed by atoms with van der Waals surface area (Å²) in [5.74, 6) is -3.54. The highest BCUT2D eigenvalue weighted by atomic mass is 32.2. The second kappa shape index (κ2) is 6.82. The van der Waals surface area contributed by atoms with E-state index in [1.54, 1.807) is 0 Å². The molecule has 0 aliphatic heterocycles. The first kappa shape index (κ1) is 19.7. The number of rotatable bonds is 4. The molecule has 0 aliphatic rings. The van der Waals surface area contributed by atoms with Crippen LogP contribution in [0.1, 0.15) is 16.1 Å². The van der Waals surface area contributed by atoms with E-state index in [2.05, 4.69) is 5.16 Å². The Hall–Kier alpha value is -3.08. The Labute approximate surface area is 154 Å². The molecular formula is C17H8F5NO4S. The lowest BCUT2D eigenvalue weighted by atomic mass is 10.1. The molecule has 3 aromatic rings. The third-order valence-electron chi connectivity index (χ3n) is 3.65. The summed E-state index contributed by atoms with van der Waals surface area (Å²) in [5.41, 5.74) is -7.43. The van der Waals surface area contributed by atoms with Crippen molar-refractivity contribution in [2.75, 3.05) is 0 Å². The van der Waals surface area contributed by atoms with Crippen LogP contribution in [0.4, 0.5) is 22.0 Å². The molecule has 5 nitrogen and oxygen atoms in total. The number of benzene rings is 2. The number of nitrogens with zero attached hydrogens (tertiary/aromatic N) is 1. The molecule has 1 aromatic heterocycles. The van der Waals surface area contributed by atoms with Crippen molar-refractivity contribution in [1.29, 1.82) is 0 Å². The molecule has 0 fully saturated rings. The van der Waals surface area contributed by atoms with Crippen LogP contribution in [0.3, 0.4) is 0 Å². The monoisotopic (exact) mass is 417 g/mol. The normalized spacial score (nSPS) is 12.2. The average molecular weight is 417 g/mol. The number of hydrogen-bond acceptors (Lipinski definition) is 5. The largest absolute Gasteiger partial charge is 0.502 e. The van der Waals surface area contributed by atoms with Gasteiger partial charge in [-0.25, -0.2) is 17.2 Å². The molecular weight excluding hydrogens is 409 g/mol. The topological polar surface area (TPSA) is 77.2 Å². The Bertz CT molecular complexity index is 1130. The Morgan fingerprint density at radius 1 is 0.893 bits per heavy atom. The third-order valence-corrected chi connectivity index (χ3v) is 5.18. The molecule has 28 heavy (non-hydrogen) atoms. The minimum atomic E-state index is -6.06. The molecule has 3 rings (SSSR count). The molecule has 146 valence electrons. The molecule has 0 N–H and O–H groups in total. The van der Waals surface area contributed by atoms with Crippen molar-refractivity contribution in [1.82, 2.24) is 5.16 Å². The van der Waals surface area contributed by atoms with E-state index in [0.717, 1.165) is 48.5 Å². The molecule has 0 spiro atoms. The lowest BCUT2D eigenvalue weighted by Crippen LogP contribution is -2.25. The van der Waals surface area contributed by atoms with Crippen LogP contribution in [0.25, 0.3) is 11.3 Å². The summed E-state index contributed by atoms with van der Waals surface area (Å²) >= 11 is 0. The van der Waals surface area contributed by atoms with Gasteiger partial charge in [-0.05, 0) is 48.5 Å². The summed E-state index contributed by atoms with van der Waals surface area (Å²) < 4.78 is 94.5. The number of carbonyl (C=O) groups excluding carboxylic acids is 1. The second-order valence-corrected chi connectivity index (χ2v) is 7.36. The second-order valence-electron chi connectivity index (χ2n) is 5.48. The minimum absolute atomic E-state index is 0.241. The van der Waals surface area contributed by atoms with Crippen molar-refractivity contribution in [3.8, 4) is 11.3 Å². The van der Waals surface area contributed by atoms with Gasteiger partial charge in [0, 0.05) is 11.1 Å². The first-order chi connectivity index (χ1) is 13.0. The average Bonchev–Trinajstić information content (AvgIpc) is 3.07. The lowest BCUT2D eigenvalue weighted by molar-refractivity contribution is -0.0436. The Morgan fingerprint density at radius 3 is 1.89 bits per heavy atom. The summed E-state index contributed by atoms with van der Waals surface area (Å²) in [7, 11) is -6.06. The van der Waals surface area contributed by atoms with Gasteiger partial charge in [0.1, 0.15) is 11.6 Å². The van der Waals surface area contributed by atoms with Crippen molar-refractivity contribution in [2.45, 2.75) is 10.4 Å². The number of carbonyl (C=O) groups is 1. The molecule has 0 saturated heterocycles. The molecule has 0 radical (unpaired) electrons. The van der Waals surface area contributed by atoms with Gasteiger partial charge in [0.25, 0.3) is 9.84 Å². The molecule has 2 aromatic carbocycles. The number of sulfone groups is 1. The van der Waals surface area contributed by atoms with Gasteiger partial charge >= 0.3 is 5.51 Å². The standard InChI is InChI=1S/C17H8F5NO4S/c18-11-5-1-9(2-6-11)14(24)13-16(28(25,26)17(20,21)22)15(27-23-13)10-3-7-12(19)8-4-10/h1-8H. The van der Waals surface area contributed by atoms with Crippen LogP contribution >= 0.6 is 0 Å². The number of aromatic nitrogens is 1. The molecule has 0 aliphatic carbocycles. The van der Waals surface area contributed by atoms with E-state index in [4.69, 9.17) is 4.52 Å². The number of ketones is 1. The Morgan fingerprint density at radius 2 is 1.39 bits per heavy atom. The number of halogens is 5. The van der Waals surface area contributed by atoms with E-state index in [1.165, 1.54) is 0 Å². The maximum absolute atomic E-state index is 13.2. The highest BCUT2D eigenvalue weighted by Crippen LogP contribution is 2.39. The third kappa shape index (κ3) is 3.40. The molecule has 0 atom stereocenters. The zero-order valence-electron chi connectivity index (χ0n) is 13.5.